The number of carbonyl (C=O) groups is 2. The smallest absolute Gasteiger partial charge is 0.417 e. The molecular weight excluding hydrogens is 390 g/mol. The van der Waals surface area contributed by atoms with Gasteiger partial charge in [-0.15, -0.1) is 0 Å². The molecule has 164 valence electrons. The monoisotopic (exact) mass is 419 g/mol. The van der Waals surface area contributed by atoms with Gasteiger partial charge in [-0.3, -0.25) is 4.79 Å². The van der Waals surface area contributed by atoms with E-state index in [1.165, 1.54) is 32.6 Å². The van der Waals surface area contributed by atoms with Gasteiger partial charge in [-0.1, -0.05) is 57.9 Å². The Labute approximate surface area is 169 Å². The fourth-order valence-electron chi connectivity index (χ4n) is 2.85. The molecule has 1 rings (SSSR count). The van der Waals surface area contributed by atoms with Gasteiger partial charge in [0.05, 0.1) is 17.7 Å². The Kier molecular flexibility index (Phi) is 10.7. The summed E-state index contributed by atoms with van der Waals surface area (Å²) < 4.78 is 57.9. The Morgan fingerprint density at radius 1 is 1.03 bits per heavy atom. The SMILES string of the molecule is CCCCCCCCCCOC(=O)C(C)NC(=O)c1c(F)cccc1C(F)(F)F. The van der Waals surface area contributed by atoms with Crippen LogP contribution >= 0.6 is 0 Å². The van der Waals surface area contributed by atoms with E-state index in [0.29, 0.717) is 12.5 Å². The molecule has 1 N–H and O–H groups in total. The molecule has 0 heterocycles. The van der Waals surface area contributed by atoms with E-state index < -0.39 is 41.0 Å². The fraction of sp³-hybridized carbons (Fsp3) is 0.619. The molecule has 8 heteroatoms. The van der Waals surface area contributed by atoms with E-state index in [1.807, 2.05) is 0 Å². The number of nitrogens with one attached hydrogen (secondary N) is 1. The minimum Gasteiger partial charge on any atom is -0.464 e. The lowest BCUT2D eigenvalue weighted by Gasteiger charge is -2.16. The molecule has 0 aromatic heterocycles. The topological polar surface area (TPSA) is 55.4 Å². The molecule has 1 unspecified atom stereocenters. The zero-order valence-corrected chi connectivity index (χ0v) is 16.9. The molecule has 4 nitrogen and oxygen atoms in total. The van der Waals surface area contributed by atoms with Crippen LogP contribution in [0.5, 0.6) is 0 Å². The van der Waals surface area contributed by atoms with Crippen LogP contribution in [0.2, 0.25) is 0 Å². The van der Waals surface area contributed by atoms with Gasteiger partial charge < -0.3 is 10.1 Å². The first-order chi connectivity index (χ1) is 13.7. The summed E-state index contributed by atoms with van der Waals surface area (Å²) in [5, 5.41) is 2.08. The average Bonchev–Trinajstić information content (AvgIpc) is 2.65. The number of alkyl halides is 3. The van der Waals surface area contributed by atoms with Gasteiger partial charge in [0.25, 0.3) is 5.91 Å². The maximum atomic E-state index is 13.8. The van der Waals surface area contributed by atoms with Crippen molar-refractivity contribution < 1.29 is 31.9 Å². The highest BCUT2D eigenvalue weighted by Gasteiger charge is 2.37. The summed E-state index contributed by atoms with van der Waals surface area (Å²) in [6.45, 7) is 3.60. The number of esters is 1. The second-order valence-electron chi connectivity index (χ2n) is 7.00. The Morgan fingerprint density at radius 2 is 1.62 bits per heavy atom. The van der Waals surface area contributed by atoms with E-state index in [1.54, 1.807) is 0 Å². The van der Waals surface area contributed by atoms with Crippen molar-refractivity contribution in [3.63, 3.8) is 0 Å². The molecule has 0 radical (unpaired) electrons. The summed E-state index contributed by atoms with van der Waals surface area (Å²) in [6, 6.07) is 1.05. The molecule has 0 aliphatic carbocycles. The Balaban J connectivity index is 2.43. The highest BCUT2D eigenvalue weighted by Crippen LogP contribution is 2.33. The van der Waals surface area contributed by atoms with Crippen molar-refractivity contribution in [1.29, 1.82) is 0 Å². The van der Waals surface area contributed by atoms with Gasteiger partial charge in [0, 0.05) is 0 Å². The fourth-order valence-corrected chi connectivity index (χ4v) is 2.85. The molecule has 0 bridgehead atoms. The molecule has 0 saturated heterocycles. The highest BCUT2D eigenvalue weighted by atomic mass is 19.4. The van der Waals surface area contributed by atoms with Crippen LogP contribution in [-0.2, 0) is 15.7 Å². The molecule has 0 aliphatic rings. The maximum absolute atomic E-state index is 13.8. The van der Waals surface area contributed by atoms with Crippen LogP contribution in [0.25, 0.3) is 0 Å². The maximum Gasteiger partial charge on any atom is 0.417 e. The third kappa shape index (κ3) is 8.83. The molecule has 29 heavy (non-hydrogen) atoms. The van der Waals surface area contributed by atoms with Gasteiger partial charge in [-0.25, -0.2) is 9.18 Å². The summed E-state index contributed by atoms with van der Waals surface area (Å²) in [5.41, 5.74) is -2.53. The second kappa shape index (κ2) is 12.4. The summed E-state index contributed by atoms with van der Waals surface area (Å²) >= 11 is 0. The Hall–Kier alpha value is -2.12. The first-order valence-electron chi connectivity index (χ1n) is 10.0. The number of halogens is 4. The number of rotatable bonds is 12. The van der Waals surface area contributed by atoms with E-state index in [9.17, 15) is 27.2 Å². The molecule has 1 aromatic carbocycles. The molecule has 0 spiro atoms. The lowest BCUT2D eigenvalue weighted by molar-refractivity contribution is -0.145. The number of benzene rings is 1. The van der Waals surface area contributed by atoms with Crippen LogP contribution < -0.4 is 5.32 Å². The minimum absolute atomic E-state index is 0.168. The van der Waals surface area contributed by atoms with Crippen molar-refractivity contribution in [1.82, 2.24) is 5.32 Å². The van der Waals surface area contributed by atoms with Gasteiger partial charge in [-0.05, 0) is 25.5 Å². The number of amides is 1. The molecule has 1 aromatic rings. The highest BCUT2D eigenvalue weighted by molar-refractivity contribution is 5.98. The van der Waals surface area contributed by atoms with E-state index in [2.05, 4.69) is 12.2 Å². The van der Waals surface area contributed by atoms with Gasteiger partial charge in [-0.2, -0.15) is 13.2 Å². The molecular formula is C21H29F4NO3. The van der Waals surface area contributed by atoms with Crippen LogP contribution in [0, 0.1) is 5.82 Å². The predicted molar refractivity (Wildman–Crippen MR) is 102 cm³/mol. The molecule has 1 atom stereocenters. The molecule has 0 saturated carbocycles. The van der Waals surface area contributed by atoms with Crippen LogP contribution in [0.4, 0.5) is 17.6 Å². The largest absolute Gasteiger partial charge is 0.464 e. The molecule has 0 fully saturated rings. The van der Waals surface area contributed by atoms with Crippen molar-refractivity contribution in [2.75, 3.05) is 6.61 Å². The van der Waals surface area contributed by atoms with Crippen molar-refractivity contribution in [2.45, 2.75) is 77.4 Å². The van der Waals surface area contributed by atoms with Crippen molar-refractivity contribution >= 4 is 11.9 Å². The van der Waals surface area contributed by atoms with E-state index in [0.717, 1.165) is 31.4 Å². The number of hydrogen-bond donors (Lipinski definition) is 1. The Morgan fingerprint density at radius 3 is 2.21 bits per heavy atom. The van der Waals surface area contributed by atoms with E-state index in [4.69, 9.17) is 4.74 Å². The summed E-state index contributed by atoms with van der Waals surface area (Å²) in [7, 11) is 0. The quantitative estimate of drug-likeness (QED) is 0.271. The Bertz CT molecular complexity index is 662. The van der Waals surface area contributed by atoms with Crippen molar-refractivity contribution in [3.8, 4) is 0 Å². The van der Waals surface area contributed by atoms with Gasteiger partial charge in [0.15, 0.2) is 0 Å². The first kappa shape index (κ1) is 24.9. The standard InChI is InChI=1S/C21H29F4NO3/c1-3-4-5-6-7-8-9-10-14-29-20(28)15(2)26-19(27)18-16(21(23,24)25)12-11-13-17(18)22/h11-13,15H,3-10,14H2,1-2H3,(H,26,27). The molecule has 0 aliphatic heterocycles. The van der Waals surface area contributed by atoms with Crippen LogP contribution in [0.15, 0.2) is 18.2 Å². The van der Waals surface area contributed by atoms with Crippen molar-refractivity contribution in [3.05, 3.63) is 35.1 Å². The zero-order chi connectivity index (χ0) is 21.9. The van der Waals surface area contributed by atoms with Gasteiger partial charge in [0.2, 0.25) is 0 Å². The lowest BCUT2D eigenvalue weighted by atomic mass is 10.1. The minimum atomic E-state index is -4.89. The third-order valence-electron chi connectivity index (χ3n) is 4.49. The zero-order valence-electron chi connectivity index (χ0n) is 16.9. The van der Waals surface area contributed by atoms with Crippen LogP contribution in [0.3, 0.4) is 0 Å². The summed E-state index contributed by atoms with van der Waals surface area (Å²) in [6.07, 6.45) is 3.70. The first-order valence-corrected chi connectivity index (χ1v) is 10.0. The van der Waals surface area contributed by atoms with Gasteiger partial charge in [0.1, 0.15) is 11.9 Å². The number of hydrogen-bond acceptors (Lipinski definition) is 3. The number of unbranched alkanes of at least 4 members (excludes halogenated alkanes) is 7. The van der Waals surface area contributed by atoms with E-state index in [-0.39, 0.29) is 6.61 Å². The summed E-state index contributed by atoms with van der Waals surface area (Å²) in [4.78, 5) is 24.0. The molecule has 1 amide bonds. The summed E-state index contributed by atoms with van der Waals surface area (Å²) in [5.74, 6) is -3.39. The van der Waals surface area contributed by atoms with E-state index >= 15 is 0 Å². The number of carbonyl (C=O) groups excluding carboxylic acids is 2. The number of ether oxygens (including phenoxy) is 1. The van der Waals surface area contributed by atoms with Crippen LogP contribution in [-0.4, -0.2) is 24.5 Å². The van der Waals surface area contributed by atoms with Gasteiger partial charge >= 0.3 is 12.1 Å². The predicted octanol–water partition coefficient (Wildman–Crippen LogP) is 5.65. The van der Waals surface area contributed by atoms with Crippen molar-refractivity contribution in [2.24, 2.45) is 0 Å². The second-order valence-corrected chi connectivity index (χ2v) is 7.00. The lowest BCUT2D eigenvalue weighted by Crippen LogP contribution is -2.40. The van der Waals surface area contributed by atoms with Crippen LogP contribution in [0.1, 0.15) is 81.1 Å². The third-order valence-corrected chi connectivity index (χ3v) is 4.49. The normalized spacial score (nSPS) is 12.5. The average molecular weight is 419 g/mol.